The van der Waals surface area contributed by atoms with Gasteiger partial charge >= 0.3 is 0 Å². The quantitative estimate of drug-likeness (QED) is 0.883. The van der Waals surface area contributed by atoms with E-state index in [9.17, 15) is 0 Å². The van der Waals surface area contributed by atoms with Crippen LogP contribution in [0, 0.1) is 5.92 Å². The molecule has 2 aliphatic rings. The number of halogens is 1. The summed E-state index contributed by atoms with van der Waals surface area (Å²) in [6.07, 6.45) is 3.97. The maximum Gasteiger partial charge on any atom is 0.0210 e. The topological polar surface area (TPSA) is 15.3 Å². The Morgan fingerprint density at radius 2 is 2.10 bits per heavy atom. The molecule has 2 nitrogen and oxygen atoms in total. The third-order valence-corrected chi connectivity index (χ3v) is 5.72. The predicted octanol–water partition coefficient (Wildman–Crippen LogP) is 3.63. The molecule has 0 radical (unpaired) electrons. The fourth-order valence-electron chi connectivity index (χ4n) is 3.54. The van der Waals surface area contributed by atoms with Crippen LogP contribution in [0.1, 0.15) is 37.7 Å². The number of nitrogens with zero attached hydrogens (tertiary/aromatic N) is 1. The zero-order valence-electron chi connectivity index (χ0n) is 12.3. The first-order chi connectivity index (χ1) is 9.76. The molecule has 1 unspecified atom stereocenters. The van der Waals surface area contributed by atoms with Crippen molar-refractivity contribution in [1.29, 1.82) is 0 Å². The molecule has 0 aromatic heterocycles. The molecule has 1 aromatic carbocycles. The van der Waals surface area contributed by atoms with Gasteiger partial charge in [0.15, 0.2) is 0 Å². The highest BCUT2D eigenvalue weighted by Crippen LogP contribution is 2.40. The van der Waals surface area contributed by atoms with Crippen LogP contribution in [0.3, 0.4) is 0 Å². The maximum absolute atomic E-state index is 3.78. The highest BCUT2D eigenvalue weighted by Gasteiger charge is 2.32. The molecule has 0 bridgehead atoms. The minimum absolute atomic E-state index is 0.739. The maximum atomic E-state index is 3.78. The Balaban J connectivity index is 1.40. The number of benzene rings is 1. The standard InChI is InChI=1S/C17H25BrN2/c1-2-20-8-7-13(12-20)11-19-15-9-14(10-15)16-5-3-4-6-17(16)18/h3-6,13-15,19H,2,7-12H2,1H3. The van der Waals surface area contributed by atoms with E-state index in [1.54, 1.807) is 0 Å². The summed E-state index contributed by atoms with van der Waals surface area (Å²) in [5.41, 5.74) is 1.49. The van der Waals surface area contributed by atoms with Gasteiger partial charge in [-0.2, -0.15) is 0 Å². The van der Waals surface area contributed by atoms with Crippen molar-refractivity contribution in [3.05, 3.63) is 34.3 Å². The van der Waals surface area contributed by atoms with Crippen LogP contribution in [-0.2, 0) is 0 Å². The van der Waals surface area contributed by atoms with E-state index < -0.39 is 0 Å². The molecule has 3 rings (SSSR count). The SMILES string of the molecule is CCN1CCC(CNC2CC(c3ccccc3Br)C2)C1. The van der Waals surface area contributed by atoms with Crippen LogP contribution < -0.4 is 5.32 Å². The Labute approximate surface area is 131 Å². The normalized spacial score (nSPS) is 30.4. The molecule has 0 amide bonds. The third-order valence-electron chi connectivity index (χ3n) is 5.00. The average molecular weight is 337 g/mol. The molecule has 1 saturated heterocycles. The molecular formula is C17H25BrN2. The van der Waals surface area contributed by atoms with Crippen LogP contribution in [0.2, 0.25) is 0 Å². The smallest absolute Gasteiger partial charge is 0.0210 e. The summed E-state index contributed by atoms with van der Waals surface area (Å²) in [6, 6.07) is 9.41. The van der Waals surface area contributed by atoms with E-state index in [1.165, 1.54) is 55.5 Å². The van der Waals surface area contributed by atoms with Gasteiger partial charge in [0.05, 0.1) is 0 Å². The van der Waals surface area contributed by atoms with E-state index in [-0.39, 0.29) is 0 Å². The minimum Gasteiger partial charge on any atom is -0.314 e. The third kappa shape index (κ3) is 3.26. The van der Waals surface area contributed by atoms with Gasteiger partial charge in [0.1, 0.15) is 0 Å². The van der Waals surface area contributed by atoms with Gasteiger partial charge in [-0.25, -0.2) is 0 Å². The largest absolute Gasteiger partial charge is 0.314 e. The molecule has 3 heteroatoms. The lowest BCUT2D eigenvalue weighted by molar-refractivity contribution is 0.271. The second kappa shape index (κ2) is 6.59. The molecule has 20 heavy (non-hydrogen) atoms. The van der Waals surface area contributed by atoms with E-state index >= 15 is 0 Å². The van der Waals surface area contributed by atoms with E-state index in [4.69, 9.17) is 0 Å². The fraction of sp³-hybridized carbons (Fsp3) is 0.647. The molecule has 1 aliphatic carbocycles. The second-order valence-electron chi connectivity index (χ2n) is 6.34. The van der Waals surface area contributed by atoms with Crippen molar-refractivity contribution < 1.29 is 0 Å². The van der Waals surface area contributed by atoms with Crippen molar-refractivity contribution in [2.45, 2.75) is 38.1 Å². The van der Waals surface area contributed by atoms with Crippen LogP contribution in [-0.4, -0.2) is 37.1 Å². The van der Waals surface area contributed by atoms with Gasteiger partial charge < -0.3 is 10.2 Å². The highest BCUT2D eigenvalue weighted by molar-refractivity contribution is 9.10. The molecular weight excluding hydrogens is 312 g/mol. The van der Waals surface area contributed by atoms with Crippen molar-refractivity contribution >= 4 is 15.9 Å². The van der Waals surface area contributed by atoms with Crippen molar-refractivity contribution in [3.63, 3.8) is 0 Å². The molecule has 0 spiro atoms. The Kier molecular flexibility index (Phi) is 4.79. The van der Waals surface area contributed by atoms with Crippen LogP contribution in [0.4, 0.5) is 0 Å². The van der Waals surface area contributed by atoms with Crippen molar-refractivity contribution in [2.24, 2.45) is 5.92 Å². The van der Waals surface area contributed by atoms with Crippen molar-refractivity contribution in [2.75, 3.05) is 26.2 Å². The molecule has 1 aliphatic heterocycles. The first kappa shape index (κ1) is 14.6. The summed E-state index contributed by atoms with van der Waals surface area (Å²) in [5.74, 6) is 1.62. The number of nitrogens with one attached hydrogen (secondary N) is 1. The zero-order chi connectivity index (χ0) is 13.9. The Hall–Kier alpha value is -0.380. The van der Waals surface area contributed by atoms with Crippen molar-refractivity contribution in [3.8, 4) is 0 Å². The summed E-state index contributed by atoms with van der Waals surface area (Å²) in [6.45, 7) is 7.29. The first-order valence-corrected chi connectivity index (χ1v) is 8.75. The lowest BCUT2D eigenvalue weighted by Gasteiger charge is -2.37. The summed E-state index contributed by atoms with van der Waals surface area (Å²) in [5, 5.41) is 3.78. The Morgan fingerprint density at radius 1 is 1.30 bits per heavy atom. The average Bonchev–Trinajstić information content (AvgIpc) is 2.87. The lowest BCUT2D eigenvalue weighted by Crippen LogP contribution is -2.42. The van der Waals surface area contributed by atoms with Gasteiger partial charge in [-0.05, 0) is 62.4 Å². The second-order valence-corrected chi connectivity index (χ2v) is 7.20. The zero-order valence-corrected chi connectivity index (χ0v) is 13.9. The minimum atomic E-state index is 0.739. The molecule has 110 valence electrons. The van der Waals surface area contributed by atoms with Gasteiger partial charge in [0.25, 0.3) is 0 Å². The van der Waals surface area contributed by atoms with E-state index in [1.807, 2.05) is 0 Å². The molecule has 1 saturated carbocycles. The molecule has 2 fully saturated rings. The van der Waals surface area contributed by atoms with E-state index in [2.05, 4.69) is 57.3 Å². The van der Waals surface area contributed by atoms with Gasteiger partial charge in [0, 0.05) is 17.1 Å². The molecule has 1 heterocycles. The van der Waals surface area contributed by atoms with Crippen LogP contribution in [0.25, 0.3) is 0 Å². The Morgan fingerprint density at radius 3 is 2.80 bits per heavy atom. The van der Waals surface area contributed by atoms with Gasteiger partial charge in [0.2, 0.25) is 0 Å². The lowest BCUT2D eigenvalue weighted by atomic mass is 9.76. The Bertz CT molecular complexity index is 442. The van der Waals surface area contributed by atoms with Gasteiger partial charge in [-0.3, -0.25) is 0 Å². The van der Waals surface area contributed by atoms with E-state index in [0.29, 0.717) is 0 Å². The number of rotatable bonds is 5. The van der Waals surface area contributed by atoms with Crippen LogP contribution >= 0.6 is 15.9 Å². The number of likely N-dealkylation sites (tertiary alicyclic amines) is 1. The summed E-state index contributed by atoms with van der Waals surface area (Å²) >= 11 is 3.67. The number of hydrogen-bond donors (Lipinski definition) is 1. The van der Waals surface area contributed by atoms with Gasteiger partial charge in [-0.15, -0.1) is 0 Å². The first-order valence-electron chi connectivity index (χ1n) is 7.96. The van der Waals surface area contributed by atoms with Crippen LogP contribution in [0.15, 0.2) is 28.7 Å². The van der Waals surface area contributed by atoms with Gasteiger partial charge in [-0.1, -0.05) is 41.1 Å². The van der Waals surface area contributed by atoms with Crippen LogP contribution in [0.5, 0.6) is 0 Å². The molecule has 1 aromatic rings. The van der Waals surface area contributed by atoms with E-state index in [0.717, 1.165) is 17.9 Å². The molecule has 1 N–H and O–H groups in total. The molecule has 1 atom stereocenters. The number of hydrogen-bond acceptors (Lipinski definition) is 2. The fourth-order valence-corrected chi connectivity index (χ4v) is 4.15. The predicted molar refractivity (Wildman–Crippen MR) is 88.1 cm³/mol. The van der Waals surface area contributed by atoms with Crippen molar-refractivity contribution in [1.82, 2.24) is 10.2 Å². The summed E-state index contributed by atoms with van der Waals surface area (Å²) in [4.78, 5) is 2.57. The summed E-state index contributed by atoms with van der Waals surface area (Å²) in [7, 11) is 0. The monoisotopic (exact) mass is 336 g/mol. The highest BCUT2D eigenvalue weighted by atomic mass is 79.9. The summed E-state index contributed by atoms with van der Waals surface area (Å²) < 4.78 is 1.28.